The predicted molar refractivity (Wildman–Crippen MR) is 86.9 cm³/mol. The van der Waals surface area contributed by atoms with E-state index in [9.17, 15) is 4.79 Å². The second-order valence-corrected chi connectivity index (χ2v) is 6.07. The molecule has 6 heteroatoms. The molecule has 22 heavy (non-hydrogen) atoms. The second-order valence-electron chi connectivity index (χ2n) is 5.29. The normalized spacial score (nSPS) is 15.8. The van der Waals surface area contributed by atoms with Crippen LogP contribution >= 0.6 is 11.3 Å². The zero-order valence-electron chi connectivity index (χ0n) is 12.6. The van der Waals surface area contributed by atoms with Crippen molar-refractivity contribution in [1.29, 1.82) is 0 Å². The molecule has 2 aromatic rings. The molecule has 0 N–H and O–H groups in total. The number of nitrogens with zero attached hydrogens (tertiary/aromatic N) is 3. The lowest BCUT2D eigenvalue weighted by molar-refractivity contribution is -0.148. The first-order chi connectivity index (χ1) is 10.8. The average molecular weight is 317 g/mol. The number of ether oxygens (including phenoxy) is 1. The Labute approximate surface area is 134 Å². The molecule has 1 aliphatic rings. The third-order valence-electron chi connectivity index (χ3n) is 3.91. The molecule has 1 aliphatic heterocycles. The lowest BCUT2D eigenvalue weighted by Crippen LogP contribution is -2.37. The molecule has 1 fully saturated rings. The van der Waals surface area contributed by atoms with Crippen LogP contribution in [0.25, 0.3) is 11.3 Å². The van der Waals surface area contributed by atoms with Crippen LogP contribution in [0, 0.1) is 5.92 Å². The number of aromatic nitrogens is 2. The van der Waals surface area contributed by atoms with Crippen molar-refractivity contribution in [3.63, 3.8) is 0 Å². The Bertz CT molecular complexity index is 622. The number of piperidine rings is 1. The van der Waals surface area contributed by atoms with Crippen molar-refractivity contribution in [3.05, 3.63) is 29.2 Å². The van der Waals surface area contributed by atoms with E-state index in [0.29, 0.717) is 6.61 Å². The topological polar surface area (TPSA) is 55.3 Å². The lowest BCUT2D eigenvalue weighted by Gasteiger charge is -2.31. The maximum Gasteiger partial charge on any atom is 0.309 e. The maximum atomic E-state index is 11.8. The molecular formula is C16H19N3O2S. The number of hydrogen-bond acceptors (Lipinski definition) is 6. The maximum absolute atomic E-state index is 11.8. The fourth-order valence-corrected chi connectivity index (χ4v) is 3.34. The molecule has 1 saturated heterocycles. The van der Waals surface area contributed by atoms with Crippen LogP contribution in [0.4, 0.5) is 5.82 Å². The van der Waals surface area contributed by atoms with Crippen molar-refractivity contribution < 1.29 is 9.53 Å². The molecule has 0 spiro atoms. The van der Waals surface area contributed by atoms with Crippen LogP contribution in [0.15, 0.2) is 29.2 Å². The summed E-state index contributed by atoms with van der Waals surface area (Å²) >= 11 is 1.66. The van der Waals surface area contributed by atoms with Crippen LogP contribution < -0.4 is 4.90 Å². The molecule has 0 aliphatic carbocycles. The van der Waals surface area contributed by atoms with Gasteiger partial charge in [0, 0.05) is 30.1 Å². The number of rotatable bonds is 4. The van der Waals surface area contributed by atoms with E-state index in [1.165, 1.54) is 0 Å². The predicted octanol–water partition coefficient (Wildman–Crippen LogP) is 2.98. The van der Waals surface area contributed by atoms with Crippen molar-refractivity contribution in [2.45, 2.75) is 19.8 Å². The van der Waals surface area contributed by atoms with Crippen molar-refractivity contribution in [1.82, 2.24) is 9.97 Å². The summed E-state index contributed by atoms with van der Waals surface area (Å²) in [7, 11) is 0. The molecule has 0 aromatic carbocycles. The van der Waals surface area contributed by atoms with Gasteiger partial charge < -0.3 is 9.64 Å². The summed E-state index contributed by atoms with van der Waals surface area (Å²) in [5.41, 5.74) is 2.06. The number of hydrogen-bond donors (Lipinski definition) is 0. The highest BCUT2D eigenvalue weighted by Crippen LogP contribution is 2.26. The van der Waals surface area contributed by atoms with E-state index in [4.69, 9.17) is 4.74 Å². The van der Waals surface area contributed by atoms with E-state index >= 15 is 0 Å². The van der Waals surface area contributed by atoms with Crippen LogP contribution in [0.3, 0.4) is 0 Å². The quantitative estimate of drug-likeness (QED) is 0.811. The van der Waals surface area contributed by atoms with Gasteiger partial charge in [-0.3, -0.25) is 4.79 Å². The van der Waals surface area contributed by atoms with Crippen molar-refractivity contribution in [3.8, 4) is 11.3 Å². The molecule has 0 amide bonds. The first-order valence-electron chi connectivity index (χ1n) is 7.54. The van der Waals surface area contributed by atoms with Gasteiger partial charge in [-0.15, -0.1) is 0 Å². The molecule has 0 bridgehead atoms. The average Bonchev–Trinajstić information content (AvgIpc) is 3.10. The van der Waals surface area contributed by atoms with E-state index in [-0.39, 0.29) is 11.9 Å². The standard InChI is InChI=1S/C16H19N3O2S/c1-2-21-16(20)12-3-6-19(7-4-12)15-9-14(17-11-18-15)13-5-8-22-10-13/h5,8-12H,2-4,6-7H2,1H3. The highest BCUT2D eigenvalue weighted by Gasteiger charge is 2.26. The number of esters is 1. The molecule has 3 rings (SSSR count). The minimum Gasteiger partial charge on any atom is -0.466 e. The Morgan fingerprint density at radius 2 is 2.23 bits per heavy atom. The van der Waals surface area contributed by atoms with Gasteiger partial charge in [0.25, 0.3) is 0 Å². The fraction of sp³-hybridized carbons (Fsp3) is 0.438. The number of thiophene rings is 1. The van der Waals surface area contributed by atoms with E-state index in [1.54, 1.807) is 17.7 Å². The summed E-state index contributed by atoms with van der Waals surface area (Å²) in [6, 6.07) is 4.08. The van der Waals surface area contributed by atoms with Crippen LogP contribution in [0.1, 0.15) is 19.8 Å². The SMILES string of the molecule is CCOC(=O)C1CCN(c2cc(-c3ccsc3)ncn2)CC1. The minimum atomic E-state index is -0.0659. The van der Waals surface area contributed by atoms with Crippen LogP contribution in [0.2, 0.25) is 0 Å². The smallest absolute Gasteiger partial charge is 0.309 e. The van der Waals surface area contributed by atoms with Gasteiger partial charge in [-0.2, -0.15) is 11.3 Å². The zero-order valence-corrected chi connectivity index (χ0v) is 13.4. The molecule has 0 unspecified atom stereocenters. The van der Waals surface area contributed by atoms with Gasteiger partial charge in [0.05, 0.1) is 18.2 Å². The van der Waals surface area contributed by atoms with E-state index in [2.05, 4.69) is 26.3 Å². The summed E-state index contributed by atoms with van der Waals surface area (Å²) in [6.07, 6.45) is 3.24. The van der Waals surface area contributed by atoms with Crippen LogP contribution in [0.5, 0.6) is 0 Å². The summed E-state index contributed by atoms with van der Waals surface area (Å²) in [4.78, 5) is 22.7. The Hall–Kier alpha value is -1.95. The van der Waals surface area contributed by atoms with Gasteiger partial charge in [-0.1, -0.05) is 0 Å². The van der Waals surface area contributed by atoms with E-state index in [0.717, 1.165) is 43.0 Å². The van der Waals surface area contributed by atoms with Crippen molar-refractivity contribution in [2.24, 2.45) is 5.92 Å². The molecule has 116 valence electrons. The molecule has 5 nitrogen and oxygen atoms in total. The highest BCUT2D eigenvalue weighted by molar-refractivity contribution is 7.08. The first-order valence-corrected chi connectivity index (χ1v) is 8.48. The van der Waals surface area contributed by atoms with Gasteiger partial charge in [-0.25, -0.2) is 9.97 Å². The highest BCUT2D eigenvalue weighted by atomic mass is 32.1. The van der Waals surface area contributed by atoms with Gasteiger partial charge in [-0.05, 0) is 31.2 Å². The summed E-state index contributed by atoms with van der Waals surface area (Å²) in [6.45, 7) is 3.95. The number of anilines is 1. The molecular weight excluding hydrogens is 298 g/mol. The monoisotopic (exact) mass is 317 g/mol. The van der Waals surface area contributed by atoms with E-state index < -0.39 is 0 Å². The van der Waals surface area contributed by atoms with Gasteiger partial charge in [0.2, 0.25) is 0 Å². The molecule has 0 saturated carbocycles. The Balaban J connectivity index is 1.66. The van der Waals surface area contributed by atoms with Gasteiger partial charge in [0.15, 0.2) is 0 Å². The van der Waals surface area contributed by atoms with Crippen LogP contribution in [-0.4, -0.2) is 35.6 Å². The number of carbonyl (C=O) groups excluding carboxylic acids is 1. The van der Waals surface area contributed by atoms with Gasteiger partial charge >= 0.3 is 5.97 Å². The van der Waals surface area contributed by atoms with E-state index in [1.807, 2.05) is 18.4 Å². The van der Waals surface area contributed by atoms with Crippen molar-refractivity contribution in [2.75, 3.05) is 24.6 Å². The third kappa shape index (κ3) is 3.27. The Morgan fingerprint density at radius 3 is 2.91 bits per heavy atom. The molecule has 2 aromatic heterocycles. The first kappa shape index (κ1) is 15.0. The molecule has 0 atom stereocenters. The molecule has 3 heterocycles. The summed E-state index contributed by atoms with van der Waals surface area (Å²) < 4.78 is 5.11. The largest absolute Gasteiger partial charge is 0.466 e. The molecule has 0 radical (unpaired) electrons. The summed E-state index contributed by atoms with van der Waals surface area (Å²) in [5.74, 6) is 0.886. The van der Waals surface area contributed by atoms with Crippen molar-refractivity contribution >= 4 is 23.1 Å². The number of carbonyl (C=O) groups is 1. The minimum absolute atomic E-state index is 0.0226. The lowest BCUT2D eigenvalue weighted by atomic mass is 9.97. The Morgan fingerprint density at radius 1 is 1.41 bits per heavy atom. The Kier molecular flexibility index (Phi) is 4.68. The summed E-state index contributed by atoms with van der Waals surface area (Å²) in [5, 5.41) is 4.13. The zero-order chi connectivity index (χ0) is 15.4. The van der Waals surface area contributed by atoms with Gasteiger partial charge in [0.1, 0.15) is 12.1 Å². The third-order valence-corrected chi connectivity index (χ3v) is 4.59. The fourth-order valence-electron chi connectivity index (χ4n) is 2.69. The van der Waals surface area contributed by atoms with Crippen LogP contribution in [-0.2, 0) is 9.53 Å². The second kappa shape index (κ2) is 6.87.